The van der Waals surface area contributed by atoms with Crippen LogP contribution in [0.25, 0.3) is 0 Å². The molecule has 4 nitrogen and oxygen atoms in total. The van der Waals surface area contributed by atoms with E-state index in [0.29, 0.717) is 29.7 Å². The van der Waals surface area contributed by atoms with Crippen molar-refractivity contribution in [3.8, 4) is 11.5 Å². The number of ether oxygens (including phenoxy) is 2. The summed E-state index contributed by atoms with van der Waals surface area (Å²) in [7, 11) is -0.538. The van der Waals surface area contributed by atoms with Gasteiger partial charge in [0, 0.05) is 16.5 Å². The lowest BCUT2D eigenvalue weighted by atomic mass is 10.1. The van der Waals surface area contributed by atoms with Gasteiger partial charge in [-0.15, -0.1) is 0 Å². The molecule has 1 aromatic carbocycles. The zero-order valence-electron chi connectivity index (χ0n) is 13.0. The maximum absolute atomic E-state index is 11.7. The minimum atomic E-state index is -2.12. The second kappa shape index (κ2) is 9.19. The Morgan fingerprint density at radius 3 is 2.67 bits per heavy atom. The fraction of sp³-hybridized carbons (Fsp3) is 0.533. The predicted molar refractivity (Wildman–Crippen MR) is 90.5 cm³/mol. The highest BCUT2D eigenvalue weighted by Gasteiger charge is 2.13. The Balaban J connectivity index is 2.82. The van der Waals surface area contributed by atoms with E-state index in [9.17, 15) is 4.57 Å². The fourth-order valence-electron chi connectivity index (χ4n) is 1.69. The number of thiocarbonyl (C=S) groups is 1. The second-order valence-corrected chi connectivity index (χ2v) is 6.85. The van der Waals surface area contributed by atoms with Crippen LogP contribution in [0, 0.1) is 5.92 Å². The summed E-state index contributed by atoms with van der Waals surface area (Å²) in [5.74, 6) is 1.82. The van der Waals surface area contributed by atoms with Crippen molar-refractivity contribution in [1.82, 2.24) is 0 Å². The van der Waals surface area contributed by atoms with Crippen molar-refractivity contribution in [1.29, 1.82) is 0 Å². The van der Waals surface area contributed by atoms with Crippen LogP contribution in [-0.4, -0.2) is 31.4 Å². The Morgan fingerprint density at radius 1 is 1.38 bits per heavy atom. The summed E-state index contributed by atoms with van der Waals surface area (Å²) in [4.78, 5) is 0.583. The number of hydrogen-bond donors (Lipinski definition) is 0. The van der Waals surface area contributed by atoms with Gasteiger partial charge in [-0.25, -0.2) is 0 Å². The lowest BCUT2D eigenvalue weighted by molar-refractivity contribution is 0.269. The third-order valence-electron chi connectivity index (χ3n) is 2.67. The molecule has 0 aromatic heterocycles. The first-order valence-electron chi connectivity index (χ1n) is 6.97. The Labute approximate surface area is 132 Å². The third-order valence-corrected chi connectivity index (χ3v) is 4.54. The molecule has 1 aromatic rings. The van der Waals surface area contributed by atoms with E-state index in [0.717, 1.165) is 11.3 Å². The highest BCUT2D eigenvalue weighted by Crippen LogP contribution is 2.30. The molecule has 0 saturated carbocycles. The van der Waals surface area contributed by atoms with Crippen molar-refractivity contribution in [2.24, 2.45) is 5.92 Å². The van der Waals surface area contributed by atoms with Gasteiger partial charge in [-0.1, -0.05) is 26.1 Å². The van der Waals surface area contributed by atoms with E-state index < -0.39 is 8.03 Å². The van der Waals surface area contributed by atoms with Gasteiger partial charge in [0.1, 0.15) is 11.5 Å². The van der Waals surface area contributed by atoms with Crippen LogP contribution in [0.3, 0.4) is 0 Å². The van der Waals surface area contributed by atoms with E-state index in [1.807, 2.05) is 25.1 Å². The largest absolute Gasteiger partial charge is 0.496 e. The van der Waals surface area contributed by atoms with E-state index in [4.69, 9.17) is 26.2 Å². The van der Waals surface area contributed by atoms with E-state index >= 15 is 0 Å². The van der Waals surface area contributed by atoms with Crippen LogP contribution in [0.2, 0.25) is 0 Å². The van der Waals surface area contributed by atoms with Gasteiger partial charge in [0.05, 0.1) is 26.5 Å². The molecule has 0 spiro atoms. The molecule has 0 heterocycles. The van der Waals surface area contributed by atoms with Crippen molar-refractivity contribution < 1.29 is 18.6 Å². The summed E-state index contributed by atoms with van der Waals surface area (Å²) in [6.45, 7) is 7.07. The van der Waals surface area contributed by atoms with Crippen LogP contribution in [0.4, 0.5) is 0 Å². The van der Waals surface area contributed by atoms with Gasteiger partial charge in [-0.3, -0.25) is 4.57 Å². The summed E-state index contributed by atoms with van der Waals surface area (Å²) in [5.41, 5.74) is 0.766. The number of hydrogen-bond acceptors (Lipinski definition) is 5. The van der Waals surface area contributed by atoms with Crippen LogP contribution >= 0.6 is 20.2 Å². The van der Waals surface area contributed by atoms with Crippen LogP contribution in [0.5, 0.6) is 11.5 Å². The monoisotopic (exact) mass is 330 g/mol. The second-order valence-electron chi connectivity index (χ2n) is 4.97. The summed E-state index contributed by atoms with van der Waals surface area (Å²) in [5, 5.41) is 0. The quantitative estimate of drug-likeness (QED) is 0.389. The first-order chi connectivity index (χ1) is 9.97. The first-order valence-corrected chi connectivity index (χ1v) is 8.90. The third kappa shape index (κ3) is 6.16. The van der Waals surface area contributed by atoms with Gasteiger partial charge in [0.25, 0.3) is 0 Å². The first kappa shape index (κ1) is 18.1. The molecule has 0 radical (unpaired) electrons. The topological polar surface area (TPSA) is 44.8 Å². The average Bonchev–Trinajstić information content (AvgIpc) is 2.44. The molecule has 0 N–H and O–H groups in total. The lowest BCUT2D eigenvalue weighted by Gasteiger charge is -2.13. The molecule has 0 fully saturated rings. The molecule has 0 aliphatic carbocycles. The zero-order valence-corrected chi connectivity index (χ0v) is 14.8. The summed E-state index contributed by atoms with van der Waals surface area (Å²) in [6.07, 6.45) is 0.260. The molecule has 1 rings (SSSR count). The van der Waals surface area contributed by atoms with Crippen molar-refractivity contribution in [2.75, 3.05) is 26.5 Å². The molecule has 0 bridgehead atoms. The number of methoxy groups -OCH3 is 1. The average molecular weight is 330 g/mol. The Morgan fingerprint density at radius 2 is 2.10 bits per heavy atom. The van der Waals surface area contributed by atoms with E-state index in [1.54, 1.807) is 7.11 Å². The molecule has 6 heteroatoms. The van der Waals surface area contributed by atoms with Crippen LogP contribution < -0.4 is 9.47 Å². The van der Waals surface area contributed by atoms with E-state index in [1.165, 1.54) is 0 Å². The van der Waals surface area contributed by atoms with Gasteiger partial charge < -0.3 is 14.0 Å². The van der Waals surface area contributed by atoms with E-state index in [-0.39, 0.29) is 6.16 Å². The van der Waals surface area contributed by atoms with Gasteiger partial charge in [0.2, 0.25) is 0 Å². The standard InChI is InChI=1S/C15H23O4PS/c1-5-19-20(16)10-15(21)13-7-6-12(8-14(13)17-4)18-9-11(2)3/h6-8,11,20H,5,9-10H2,1-4H3. The normalized spacial score (nSPS) is 12.2. The SMILES string of the molecule is CCO[PH](=O)CC(=S)c1ccc(OCC(C)C)cc1OC. The Bertz CT molecular complexity index is 502. The molecule has 1 atom stereocenters. The Hall–Kier alpha value is -0.900. The molecular weight excluding hydrogens is 307 g/mol. The van der Waals surface area contributed by atoms with Gasteiger partial charge in [-0.2, -0.15) is 0 Å². The minimum Gasteiger partial charge on any atom is -0.496 e. The molecule has 0 amide bonds. The van der Waals surface area contributed by atoms with Crippen molar-refractivity contribution >= 4 is 25.1 Å². The maximum atomic E-state index is 11.7. The minimum absolute atomic E-state index is 0.260. The summed E-state index contributed by atoms with van der Waals surface area (Å²) in [6, 6.07) is 5.50. The van der Waals surface area contributed by atoms with Gasteiger partial charge in [0.15, 0.2) is 8.03 Å². The maximum Gasteiger partial charge on any atom is 0.196 e. The molecule has 0 aliphatic heterocycles. The number of benzene rings is 1. The highest BCUT2D eigenvalue weighted by molar-refractivity contribution is 7.81. The number of rotatable bonds is 9. The lowest BCUT2D eigenvalue weighted by Crippen LogP contribution is -2.07. The van der Waals surface area contributed by atoms with Crippen LogP contribution in [0.15, 0.2) is 18.2 Å². The summed E-state index contributed by atoms with van der Waals surface area (Å²) >= 11 is 5.34. The molecule has 0 aliphatic rings. The fourth-order valence-corrected chi connectivity index (χ4v) is 3.09. The molecule has 0 saturated heterocycles. The molecule has 118 valence electrons. The van der Waals surface area contributed by atoms with Gasteiger partial charge >= 0.3 is 0 Å². The van der Waals surface area contributed by atoms with Crippen molar-refractivity contribution in [3.05, 3.63) is 23.8 Å². The Kier molecular flexibility index (Phi) is 7.94. The predicted octanol–water partition coefficient (Wildman–Crippen LogP) is 3.96. The van der Waals surface area contributed by atoms with Gasteiger partial charge in [-0.05, 0) is 25.0 Å². The van der Waals surface area contributed by atoms with Crippen molar-refractivity contribution in [3.63, 3.8) is 0 Å². The van der Waals surface area contributed by atoms with Crippen molar-refractivity contribution in [2.45, 2.75) is 20.8 Å². The molecule has 1 unspecified atom stereocenters. The summed E-state index contributed by atoms with van der Waals surface area (Å²) < 4.78 is 27.8. The van der Waals surface area contributed by atoms with E-state index in [2.05, 4.69) is 13.8 Å². The zero-order chi connectivity index (χ0) is 15.8. The molecular formula is C15H23O4PS. The highest BCUT2D eigenvalue weighted by atomic mass is 32.1. The van der Waals surface area contributed by atoms with Crippen LogP contribution in [-0.2, 0) is 9.09 Å². The smallest absolute Gasteiger partial charge is 0.196 e. The molecule has 21 heavy (non-hydrogen) atoms. The van der Waals surface area contributed by atoms with Crippen LogP contribution in [0.1, 0.15) is 26.3 Å².